The number of H-pyrrole nitrogens is 2. The highest BCUT2D eigenvalue weighted by molar-refractivity contribution is 5.64. The van der Waals surface area contributed by atoms with E-state index in [0.717, 1.165) is 39.3 Å². The molecule has 62 heavy (non-hydrogen) atoms. The predicted octanol–water partition coefficient (Wildman–Crippen LogP) is -25.3. The van der Waals surface area contributed by atoms with E-state index in [1.807, 2.05) is 0 Å². The minimum Gasteiger partial charge on any atom is -1.00 e. The zero-order valence-corrected chi connectivity index (χ0v) is 48.1. The number of aromatic nitrogens is 2. The second-order valence-corrected chi connectivity index (χ2v) is 15.8. The molecule has 0 spiro atoms. The van der Waals surface area contributed by atoms with Crippen LogP contribution in [0.4, 0.5) is 0 Å². The van der Waals surface area contributed by atoms with Crippen molar-refractivity contribution < 1.29 is 177 Å². The first-order chi connectivity index (χ1) is 26.7. The number of halogens is 8. The summed E-state index contributed by atoms with van der Waals surface area (Å²) in [4.78, 5) is 10.9. The molecule has 0 fully saturated rings. The fourth-order valence-corrected chi connectivity index (χ4v) is 8.40. The Morgan fingerprint density at radius 3 is 0.903 bits per heavy atom. The van der Waals surface area contributed by atoms with E-state index in [-0.39, 0.29) is 136 Å². The van der Waals surface area contributed by atoms with E-state index in [0.29, 0.717) is 0 Å². The molecule has 0 atom stereocenters. The number of rotatable bonds is 6. The minimum absolute atomic E-state index is 0. The van der Waals surface area contributed by atoms with Crippen LogP contribution in [0, 0.1) is 0 Å². The van der Waals surface area contributed by atoms with Gasteiger partial charge in [-0.2, -0.15) is 0 Å². The molecule has 8 nitrogen and oxygen atoms in total. The Morgan fingerprint density at radius 1 is 0.355 bits per heavy atom. The quantitative estimate of drug-likeness (QED) is 0.0976. The zero-order chi connectivity index (χ0) is 36.6. The molecule has 12 N–H and O–H groups in total. The Bertz CT molecular complexity index is 1680. The lowest BCUT2D eigenvalue weighted by Crippen LogP contribution is -3.11. The highest BCUT2D eigenvalue weighted by Gasteiger charge is 2.19. The molecule has 0 radical (unpaired) electrons. The first-order valence-corrected chi connectivity index (χ1v) is 21.0. The van der Waals surface area contributed by atoms with Gasteiger partial charge < -0.3 is 167 Å². The maximum absolute atomic E-state index is 3.73. The Labute approximate surface area is 454 Å². The van der Waals surface area contributed by atoms with Gasteiger partial charge in [0.15, 0.2) is 26.2 Å². The number of fused-ring (bicyclic) bond motifs is 4. The van der Waals surface area contributed by atoms with Crippen molar-refractivity contribution in [1.82, 2.24) is 0 Å². The van der Waals surface area contributed by atoms with Crippen molar-refractivity contribution in [2.75, 3.05) is 52.4 Å². The second-order valence-electron chi connectivity index (χ2n) is 15.8. The van der Waals surface area contributed by atoms with Gasteiger partial charge in [0, 0.05) is 61.1 Å². The number of hydrogen-bond acceptors (Lipinski definition) is 0. The van der Waals surface area contributed by atoms with Crippen molar-refractivity contribution in [3.8, 4) is 22.3 Å². The molecule has 2 aliphatic rings. The number of aromatic amines is 2. The topological polar surface area (TPSA) is 104 Å². The van der Waals surface area contributed by atoms with E-state index in [2.05, 4.69) is 140 Å². The Balaban J connectivity index is 0. The molecule has 0 unspecified atom stereocenters. The van der Waals surface area contributed by atoms with Gasteiger partial charge in [-0.25, -0.2) is 9.97 Å². The molecular weight excluding hydrogens is 1300 g/mol. The summed E-state index contributed by atoms with van der Waals surface area (Å²) in [5, 5.41) is 9.96. The van der Waals surface area contributed by atoms with Crippen LogP contribution in [-0.4, -0.2) is 52.4 Å². The average molecular weight is 1370 g/mol. The molecule has 0 aliphatic carbocycles. The first-order valence-electron chi connectivity index (χ1n) is 21.0. The smallest absolute Gasteiger partial charge is 0.235 e. The SMILES string of the molecule is [Br-].[Br-].[Br-].[Br-].[Br-].[Br-].[Br-].[Br-].c1ccc(-c2cc3[nH+]c(c2)C[NH2+]CCC[NH+](Cc2ccc(C[NH+]4CCC[NH2+]Cc5cc(-c6ccccc6)cc([nH+]5)C[NH2+]CCC4)cc2)CCC[NH2+]C3)cc1. The number of benzene rings is 3. The summed E-state index contributed by atoms with van der Waals surface area (Å²) < 4.78 is 0. The third-order valence-electron chi connectivity index (χ3n) is 11.3. The summed E-state index contributed by atoms with van der Waals surface area (Å²) in [6.07, 6.45) is 4.98. The van der Waals surface area contributed by atoms with Gasteiger partial charge in [-0.1, -0.05) is 84.9 Å². The van der Waals surface area contributed by atoms with Crippen LogP contribution < -0.4 is 177 Å². The standard InChI is InChI=1S/C46H58N8.8BrH/c1-3-11-39(12-4-1)41-27-43-31-47-19-7-23-53(24-8-20-48-32-44(28-41)51-43)35-37-15-17-38(18-16-37)36-54-25-9-21-49-33-45-29-42(40-13-5-2-6-14-40)30-46(52-45)34-50-22-10-26-54;;;;;;;;/h1-6,11-18,27-30,47-50H,7-10,19-26,31-36H2;8*1H. The van der Waals surface area contributed by atoms with Crippen molar-refractivity contribution in [1.29, 1.82) is 0 Å². The molecular formula is C46H66Br8N8. The summed E-state index contributed by atoms with van der Waals surface area (Å²) in [6, 6.07) is 40.7. The molecule has 3 aromatic carbocycles. The largest absolute Gasteiger partial charge is 1.00 e. The third kappa shape index (κ3) is 21.5. The molecule has 4 bridgehead atoms. The van der Waals surface area contributed by atoms with Gasteiger partial charge in [-0.05, 0) is 22.3 Å². The normalized spacial score (nSPS) is 15.4. The van der Waals surface area contributed by atoms with Crippen LogP contribution in [0.1, 0.15) is 59.6 Å². The van der Waals surface area contributed by atoms with Gasteiger partial charge in [0.1, 0.15) is 13.1 Å². The summed E-state index contributed by atoms with van der Waals surface area (Å²) in [5.74, 6) is 0. The van der Waals surface area contributed by atoms with Crippen molar-refractivity contribution in [3.63, 3.8) is 0 Å². The van der Waals surface area contributed by atoms with E-state index >= 15 is 0 Å². The van der Waals surface area contributed by atoms with Crippen molar-refractivity contribution in [3.05, 3.63) is 143 Å². The number of nitrogens with one attached hydrogen (secondary N) is 4. The van der Waals surface area contributed by atoms with Gasteiger partial charge in [-0.3, -0.25) is 0 Å². The minimum atomic E-state index is 0. The highest BCUT2D eigenvalue weighted by Crippen LogP contribution is 2.20. The van der Waals surface area contributed by atoms with Crippen LogP contribution in [0.15, 0.2) is 109 Å². The van der Waals surface area contributed by atoms with Gasteiger partial charge in [0.25, 0.3) is 0 Å². The molecule has 2 aliphatic heterocycles. The average Bonchev–Trinajstić information content (AvgIpc) is 3.20. The van der Waals surface area contributed by atoms with Gasteiger partial charge >= 0.3 is 0 Å². The lowest BCUT2D eigenvalue weighted by molar-refractivity contribution is -0.917. The van der Waals surface area contributed by atoms with Gasteiger partial charge in [0.05, 0.1) is 52.4 Å². The number of nitrogens with two attached hydrogens (primary N) is 4. The first kappa shape index (κ1) is 63.6. The van der Waals surface area contributed by atoms with E-state index < -0.39 is 0 Å². The summed E-state index contributed by atoms with van der Waals surface area (Å²) in [7, 11) is 0. The summed E-state index contributed by atoms with van der Waals surface area (Å²) in [6.45, 7) is 15.9. The third-order valence-corrected chi connectivity index (χ3v) is 11.3. The van der Waals surface area contributed by atoms with Crippen LogP contribution in [0.2, 0.25) is 0 Å². The fraction of sp³-hybridized carbons (Fsp3) is 0.391. The van der Waals surface area contributed by atoms with E-state index in [1.54, 1.807) is 9.80 Å². The lowest BCUT2D eigenvalue weighted by atomic mass is 10.0. The summed E-state index contributed by atoms with van der Waals surface area (Å²) >= 11 is 0. The predicted molar refractivity (Wildman–Crippen MR) is 213 cm³/mol. The number of pyridine rings is 2. The molecule has 5 aromatic rings. The molecule has 7 rings (SSSR count). The number of hydrogen-bond donors (Lipinski definition) is 6. The van der Waals surface area contributed by atoms with E-state index in [9.17, 15) is 0 Å². The van der Waals surface area contributed by atoms with Crippen molar-refractivity contribution >= 4 is 0 Å². The van der Waals surface area contributed by atoms with Crippen molar-refractivity contribution in [2.24, 2.45) is 0 Å². The molecule has 0 amide bonds. The maximum atomic E-state index is 3.73. The molecule has 0 saturated carbocycles. The van der Waals surface area contributed by atoms with E-state index in [4.69, 9.17) is 0 Å². The molecule has 4 heterocycles. The fourth-order valence-electron chi connectivity index (χ4n) is 8.40. The van der Waals surface area contributed by atoms with Gasteiger partial charge in [-0.15, -0.1) is 0 Å². The maximum Gasteiger partial charge on any atom is 0.235 e. The molecule has 16 heteroatoms. The monoisotopic (exact) mass is 1360 g/mol. The summed E-state index contributed by atoms with van der Waals surface area (Å²) in [5.41, 5.74) is 13.5. The van der Waals surface area contributed by atoms with Gasteiger partial charge in [0.2, 0.25) is 22.8 Å². The Hall–Kier alpha value is -0.440. The van der Waals surface area contributed by atoms with E-state index in [1.165, 1.54) is 134 Å². The lowest BCUT2D eigenvalue weighted by Gasteiger charge is -2.21. The number of quaternary nitrogens is 6. The Morgan fingerprint density at radius 2 is 0.629 bits per heavy atom. The molecule has 0 saturated heterocycles. The second kappa shape index (κ2) is 35.7. The van der Waals surface area contributed by atoms with Crippen molar-refractivity contribution in [2.45, 2.75) is 65.0 Å². The zero-order valence-electron chi connectivity index (χ0n) is 35.5. The molecule has 346 valence electrons. The van der Waals surface area contributed by atoms with Crippen LogP contribution in [-0.2, 0) is 39.3 Å². The van der Waals surface area contributed by atoms with Crippen LogP contribution in [0.3, 0.4) is 0 Å². The van der Waals surface area contributed by atoms with Crippen LogP contribution >= 0.6 is 0 Å². The van der Waals surface area contributed by atoms with Crippen LogP contribution in [0.25, 0.3) is 22.3 Å². The molecule has 2 aromatic heterocycles. The highest BCUT2D eigenvalue weighted by atomic mass is 79.9. The Kier molecular flexibility index (Phi) is 36.7. The van der Waals surface area contributed by atoms with Crippen LogP contribution in [0.5, 0.6) is 0 Å².